The molecule has 2 aromatic rings. The Hall–Kier alpha value is -2.01. The van der Waals surface area contributed by atoms with Crippen molar-refractivity contribution in [1.82, 2.24) is 4.90 Å². The zero-order valence-electron chi connectivity index (χ0n) is 12.8. The number of ether oxygens (including phenoxy) is 2. The van der Waals surface area contributed by atoms with Crippen LogP contribution < -0.4 is 9.47 Å². The first-order chi connectivity index (χ1) is 10.5. The van der Waals surface area contributed by atoms with Crippen molar-refractivity contribution in [1.29, 1.82) is 0 Å². The molecule has 0 saturated carbocycles. The number of methoxy groups -OCH3 is 2. The third-order valence-electron chi connectivity index (χ3n) is 3.33. The van der Waals surface area contributed by atoms with Crippen LogP contribution in [0.1, 0.15) is 15.9 Å². The number of hydrogen-bond acceptors (Lipinski definition) is 3. The number of rotatable bonds is 5. The summed E-state index contributed by atoms with van der Waals surface area (Å²) in [7, 11) is 4.99. The molecule has 2 aromatic carbocycles. The van der Waals surface area contributed by atoms with Crippen molar-refractivity contribution in [2.75, 3.05) is 21.3 Å². The molecule has 0 aromatic heterocycles. The molecule has 0 N–H and O–H groups in total. The molecule has 0 fully saturated rings. The number of halogens is 1. The predicted octanol–water partition coefficient (Wildman–Crippen LogP) is 3.74. The molecule has 5 heteroatoms. The normalized spacial score (nSPS) is 10.2. The van der Waals surface area contributed by atoms with Crippen LogP contribution in [0.4, 0.5) is 0 Å². The van der Waals surface area contributed by atoms with E-state index in [4.69, 9.17) is 9.47 Å². The molecule has 4 nitrogen and oxygen atoms in total. The number of hydrogen-bond donors (Lipinski definition) is 0. The highest BCUT2D eigenvalue weighted by Gasteiger charge is 2.16. The minimum absolute atomic E-state index is 0.0680. The van der Waals surface area contributed by atoms with Gasteiger partial charge in [-0.15, -0.1) is 0 Å². The van der Waals surface area contributed by atoms with Crippen molar-refractivity contribution >= 4 is 21.8 Å². The van der Waals surface area contributed by atoms with Gasteiger partial charge < -0.3 is 14.4 Å². The van der Waals surface area contributed by atoms with Crippen LogP contribution in [0.2, 0.25) is 0 Å². The second-order valence-electron chi connectivity index (χ2n) is 4.86. The van der Waals surface area contributed by atoms with Gasteiger partial charge >= 0.3 is 0 Å². The van der Waals surface area contributed by atoms with Crippen LogP contribution in [0.3, 0.4) is 0 Å². The van der Waals surface area contributed by atoms with Gasteiger partial charge in [-0.3, -0.25) is 4.79 Å². The lowest BCUT2D eigenvalue weighted by Crippen LogP contribution is -2.26. The Balaban J connectivity index is 2.14. The van der Waals surface area contributed by atoms with Crippen molar-refractivity contribution in [3.8, 4) is 11.5 Å². The van der Waals surface area contributed by atoms with Crippen LogP contribution in [0.25, 0.3) is 0 Å². The zero-order valence-corrected chi connectivity index (χ0v) is 14.4. The standard InChI is InChI=1S/C17H18BrNO3/c1-19(11-12-4-6-13(21-2)7-5-12)17(20)15-10-14(22-3)8-9-16(15)18/h4-10H,11H2,1-3H3. The number of amides is 1. The fourth-order valence-corrected chi connectivity index (χ4v) is 2.49. The zero-order chi connectivity index (χ0) is 16.1. The molecule has 1 amide bonds. The molecule has 0 spiro atoms. The van der Waals surface area contributed by atoms with E-state index in [2.05, 4.69) is 15.9 Å². The third kappa shape index (κ3) is 3.80. The monoisotopic (exact) mass is 363 g/mol. The maximum atomic E-state index is 12.6. The molecule has 0 aliphatic heterocycles. The van der Waals surface area contributed by atoms with Gasteiger partial charge in [0.2, 0.25) is 0 Å². The van der Waals surface area contributed by atoms with E-state index in [-0.39, 0.29) is 5.91 Å². The van der Waals surface area contributed by atoms with E-state index in [0.29, 0.717) is 17.9 Å². The maximum Gasteiger partial charge on any atom is 0.255 e. The van der Waals surface area contributed by atoms with Crippen molar-refractivity contribution in [3.05, 3.63) is 58.1 Å². The number of carbonyl (C=O) groups excluding carboxylic acids is 1. The first-order valence-electron chi connectivity index (χ1n) is 6.77. The molecule has 0 unspecified atom stereocenters. The highest BCUT2D eigenvalue weighted by Crippen LogP contribution is 2.24. The third-order valence-corrected chi connectivity index (χ3v) is 4.02. The minimum atomic E-state index is -0.0680. The molecule has 0 aliphatic carbocycles. The van der Waals surface area contributed by atoms with Gasteiger partial charge in [0.15, 0.2) is 0 Å². The van der Waals surface area contributed by atoms with Crippen LogP contribution in [-0.2, 0) is 6.54 Å². The van der Waals surface area contributed by atoms with E-state index in [1.54, 1.807) is 32.2 Å². The molecule has 0 heterocycles. The SMILES string of the molecule is COc1ccc(CN(C)C(=O)c2cc(OC)ccc2Br)cc1. The smallest absolute Gasteiger partial charge is 0.255 e. The summed E-state index contributed by atoms with van der Waals surface area (Å²) in [5, 5.41) is 0. The topological polar surface area (TPSA) is 38.8 Å². The number of benzene rings is 2. The maximum absolute atomic E-state index is 12.6. The molecular formula is C17H18BrNO3. The first-order valence-corrected chi connectivity index (χ1v) is 7.56. The Bertz CT molecular complexity index is 655. The van der Waals surface area contributed by atoms with Crippen LogP contribution in [-0.4, -0.2) is 32.1 Å². The van der Waals surface area contributed by atoms with E-state index in [0.717, 1.165) is 15.8 Å². The molecule has 0 bridgehead atoms. The Morgan fingerprint density at radius 1 is 1.05 bits per heavy atom. The minimum Gasteiger partial charge on any atom is -0.497 e. The lowest BCUT2D eigenvalue weighted by atomic mass is 10.1. The van der Waals surface area contributed by atoms with Crippen molar-refractivity contribution in [2.45, 2.75) is 6.54 Å². The first kappa shape index (κ1) is 16.4. The summed E-state index contributed by atoms with van der Waals surface area (Å²) < 4.78 is 11.1. The van der Waals surface area contributed by atoms with Crippen molar-refractivity contribution < 1.29 is 14.3 Å². The molecule has 0 atom stereocenters. The molecule has 2 rings (SSSR count). The Morgan fingerprint density at radius 3 is 2.23 bits per heavy atom. The van der Waals surface area contributed by atoms with Crippen LogP contribution in [0, 0.1) is 0 Å². The highest BCUT2D eigenvalue weighted by molar-refractivity contribution is 9.10. The van der Waals surface area contributed by atoms with Crippen LogP contribution in [0.5, 0.6) is 11.5 Å². The molecule has 22 heavy (non-hydrogen) atoms. The van der Waals surface area contributed by atoms with Crippen LogP contribution in [0.15, 0.2) is 46.9 Å². The quantitative estimate of drug-likeness (QED) is 0.812. The largest absolute Gasteiger partial charge is 0.497 e. The van der Waals surface area contributed by atoms with Gasteiger partial charge in [-0.1, -0.05) is 12.1 Å². The molecular weight excluding hydrogens is 346 g/mol. The van der Waals surface area contributed by atoms with Gasteiger partial charge in [0.1, 0.15) is 11.5 Å². The molecule has 0 saturated heterocycles. The van der Waals surface area contributed by atoms with Crippen molar-refractivity contribution in [3.63, 3.8) is 0 Å². The molecule has 0 aliphatic rings. The summed E-state index contributed by atoms with van der Waals surface area (Å²) in [4.78, 5) is 14.2. The van der Waals surface area contributed by atoms with Crippen LogP contribution >= 0.6 is 15.9 Å². The predicted molar refractivity (Wildman–Crippen MR) is 89.5 cm³/mol. The van der Waals surface area contributed by atoms with Gasteiger partial charge in [-0.25, -0.2) is 0 Å². The fourth-order valence-electron chi connectivity index (χ4n) is 2.08. The molecule has 116 valence electrons. The lowest BCUT2D eigenvalue weighted by molar-refractivity contribution is 0.0784. The summed E-state index contributed by atoms with van der Waals surface area (Å²) in [6.45, 7) is 0.520. The average molecular weight is 364 g/mol. The Morgan fingerprint density at radius 2 is 1.64 bits per heavy atom. The summed E-state index contributed by atoms with van der Waals surface area (Å²) in [6.07, 6.45) is 0. The summed E-state index contributed by atoms with van der Waals surface area (Å²) in [5.41, 5.74) is 1.62. The van der Waals surface area contributed by atoms with Gasteiger partial charge in [-0.05, 0) is 51.8 Å². The Labute approximate surface area is 138 Å². The lowest BCUT2D eigenvalue weighted by Gasteiger charge is -2.18. The van der Waals surface area contributed by atoms with E-state index in [1.807, 2.05) is 36.4 Å². The Kier molecular flexibility index (Phi) is 5.44. The van der Waals surface area contributed by atoms with Gasteiger partial charge in [0.05, 0.1) is 19.8 Å². The van der Waals surface area contributed by atoms with Gasteiger partial charge in [0.25, 0.3) is 5.91 Å². The van der Waals surface area contributed by atoms with Gasteiger partial charge in [0, 0.05) is 18.1 Å². The van der Waals surface area contributed by atoms with Gasteiger partial charge in [-0.2, -0.15) is 0 Å². The van der Waals surface area contributed by atoms with E-state index < -0.39 is 0 Å². The second-order valence-corrected chi connectivity index (χ2v) is 5.71. The summed E-state index contributed by atoms with van der Waals surface area (Å²) in [6, 6.07) is 13.0. The molecule has 0 radical (unpaired) electrons. The highest BCUT2D eigenvalue weighted by atomic mass is 79.9. The fraction of sp³-hybridized carbons (Fsp3) is 0.235. The van der Waals surface area contributed by atoms with E-state index in [1.165, 1.54) is 0 Å². The summed E-state index contributed by atoms with van der Waals surface area (Å²) in [5.74, 6) is 1.39. The van der Waals surface area contributed by atoms with Crippen molar-refractivity contribution in [2.24, 2.45) is 0 Å². The number of nitrogens with zero attached hydrogens (tertiary/aromatic N) is 1. The van der Waals surface area contributed by atoms with E-state index >= 15 is 0 Å². The summed E-state index contributed by atoms with van der Waals surface area (Å²) >= 11 is 3.41. The van der Waals surface area contributed by atoms with E-state index in [9.17, 15) is 4.79 Å². The second kappa shape index (κ2) is 7.31. The average Bonchev–Trinajstić information content (AvgIpc) is 2.55. The number of carbonyl (C=O) groups is 1.